The van der Waals surface area contributed by atoms with Crippen molar-refractivity contribution < 1.29 is 8.78 Å². The van der Waals surface area contributed by atoms with Gasteiger partial charge in [-0.2, -0.15) is 0 Å². The molecule has 0 heterocycles. The maximum absolute atomic E-state index is 13.9. The zero-order chi connectivity index (χ0) is 15.3. The first-order chi connectivity index (χ1) is 9.26. The van der Waals surface area contributed by atoms with Crippen LogP contribution in [0.2, 0.25) is 0 Å². The van der Waals surface area contributed by atoms with E-state index < -0.39 is 11.6 Å². The highest BCUT2D eigenvalue weighted by Crippen LogP contribution is 2.32. The van der Waals surface area contributed by atoms with Crippen LogP contribution in [0.4, 0.5) is 8.78 Å². The van der Waals surface area contributed by atoms with Crippen LogP contribution >= 0.6 is 0 Å². The molecule has 3 heteroatoms. The van der Waals surface area contributed by atoms with E-state index in [0.717, 1.165) is 13.1 Å². The molecule has 0 aliphatic carbocycles. The first-order valence-corrected chi connectivity index (χ1v) is 7.40. The van der Waals surface area contributed by atoms with Gasteiger partial charge in [0.1, 0.15) is 0 Å². The Bertz CT molecular complexity index is 429. The topological polar surface area (TPSA) is 12.0 Å². The van der Waals surface area contributed by atoms with Crippen molar-refractivity contribution in [3.05, 3.63) is 35.4 Å². The number of rotatable bonds is 7. The Labute approximate surface area is 121 Å². The fourth-order valence-electron chi connectivity index (χ4n) is 2.24. The van der Waals surface area contributed by atoms with Crippen molar-refractivity contribution >= 4 is 0 Å². The van der Waals surface area contributed by atoms with Crippen LogP contribution < -0.4 is 5.32 Å². The van der Waals surface area contributed by atoms with Crippen LogP contribution in [0.3, 0.4) is 0 Å². The van der Waals surface area contributed by atoms with Gasteiger partial charge in [0.05, 0.1) is 0 Å². The molecule has 1 atom stereocenters. The lowest BCUT2D eigenvalue weighted by atomic mass is 9.74. The highest BCUT2D eigenvalue weighted by Gasteiger charge is 2.29. The fourth-order valence-corrected chi connectivity index (χ4v) is 2.24. The molecular weight excluding hydrogens is 256 g/mol. The predicted molar refractivity (Wildman–Crippen MR) is 80.7 cm³/mol. The van der Waals surface area contributed by atoms with Crippen LogP contribution in [-0.4, -0.2) is 13.1 Å². The standard InChI is InChI=1S/C17H27F2N/c1-12(2)10-20-11-17(5,13(3)4)9-14-7-6-8-15(18)16(14)19/h6-8,12-13,20H,9-11H2,1-5H3. The summed E-state index contributed by atoms with van der Waals surface area (Å²) in [6, 6.07) is 4.43. The first-order valence-electron chi connectivity index (χ1n) is 7.40. The molecular formula is C17H27F2N. The fraction of sp³-hybridized carbons (Fsp3) is 0.647. The molecule has 1 aromatic carbocycles. The Morgan fingerprint density at radius 2 is 1.80 bits per heavy atom. The summed E-state index contributed by atoms with van der Waals surface area (Å²) in [4.78, 5) is 0. The van der Waals surface area contributed by atoms with E-state index in [2.05, 4.69) is 39.9 Å². The zero-order valence-corrected chi connectivity index (χ0v) is 13.3. The molecule has 0 amide bonds. The normalized spacial score (nSPS) is 14.8. The lowest BCUT2D eigenvalue weighted by Gasteiger charge is -2.35. The molecule has 0 spiro atoms. The van der Waals surface area contributed by atoms with E-state index in [1.807, 2.05) is 0 Å². The number of hydrogen-bond acceptors (Lipinski definition) is 1. The lowest BCUT2D eigenvalue weighted by Crippen LogP contribution is -2.39. The summed E-state index contributed by atoms with van der Waals surface area (Å²) in [7, 11) is 0. The molecule has 0 saturated carbocycles. The SMILES string of the molecule is CC(C)CNCC(C)(Cc1cccc(F)c1F)C(C)C. The molecule has 1 nitrogen and oxygen atoms in total. The Morgan fingerprint density at radius 3 is 2.35 bits per heavy atom. The maximum Gasteiger partial charge on any atom is 0.162 e. The molecule has 1 rings (SSSR count). The summed E-state index contributed by atoms with van der Waals surface area (Å²) in [5.41, 5.74) is 0.372. The van der Waals surface area contributed by atoms with Gasteiger partial charge in [-0.1, -0.05) is 46.8 Å². The highest BCUT2D eigenvalue weighted by atomic mass is 19.2. The van der Waals surface area contributed by atoms with Crippen molar-refractivity contribution in [3.8, 4) is 0 Å². The number of benzene rings is 1. The minimum Gasteiger partial charge on any atom is -0.316 e. The van der Waals surface area contributed by atoms with Gasteiger partial charge in [0, 0.05) is 6.54 Å². The molecule has 0 saturated heterocycles. The zero-order valence-electron chi connectivity index (χ0n) is 13.3. The molecule has 1 N–H and O–H groups in total. The second-order valence-corrected chi connectivity index (χ2v) is 6.72. The van der Waals surface area contributed by atoms with Crippen molar-refractivity contribution in [2.45, 2.75) is 41.0 Å². The van der Waals surface area contributed by atoms with Crippen molar-refractivity contribution in [3.63, 3.8) is 0 Å². The quantitative estimate of drug-likeness (QED) is 0.781. The second kappa shape index (κ2) is 7.16. The van der Waals surface area contributed by atoms with Gasteiger partial charge in [0.25, 0.3) is 0 Å². The third-order valence-electron chi connectivity index (χ3n) is 4.10. The summed E-state index contributed by atoms with van der Waals surface area (Å²) < 4.78 is 27.2. The molecule has 0 aromatic heterocycles. The molecule has 1 unspecified atom stereocenters. The number of nitrogens with one attached hydrogen (secondary N) is 1. The van der Waals surface area contributed by atoms with Crippen LogP contribution in [0.1, 0.15) is 40.2 Å². The van der Waals surface area contributed by atoms with E-state index in [4.69, 9.17) is 0 Å². The molecule has 0 aliphatic heterocycles. The van der Waals surface area contributed by atoms with E-state index in [1.165, 1.54) is 6.07 Å². The maximum atomic E-state index is 13.9. The van der Waals surface area contributed by atoms with Gasteiger partial charge >= 0.3 is 0 Å². The monoisotopic (exact) mass is 283 g/mol. The Hall–Kier alpha value is -0.960. The van der Waals surface area contributed by atoms with E-state index >= 15 is 0 Å². The van der Waals surface area contributed by atoms with E-state index in [9.17, 15) is 8.78 Å². The van der Waals surface area contributed by atoms with Crippen LogP contribution in [0.5, 0.6) is 0 Å². The van der Waals surface area contributed by atoms with Gasteiger partial charge < -0.3 is 5.32 Å². The lowest BCUT2D eigenvalue weighted by molar-refractivity contribution is 0.202. The highest BCUT2D eigenvalue weighted by molar-refractivity contribution is 5.20. The van der Waals surface area contributed by atoms with Crippen molar-refractivity contribution in [2.75, 3.05) is 13.1 Å². The summed E-state index contributed by atoms with van der Waals surface area (Å²) >= 11 is 0. The van der Waals surface area contributed by atoms with Crippen molar-refractivity contribution in [1.29, 1.82) is 0 Å². The van der Waals surface area contributed by atoms with Gasteiger partial charge in [-0.05, 0) is 41.8 Å². The Morgan fingerprint density at radius 1 is 1.15 bits per heavy atom. The molecule has 114 valence electrons. The average Bonchev–Trinajstić information content (AvgIpc) is 2.34. The predicted octanol–water partition coefficient (Wildman–Crippen LogP) is 4.42. The van der Waals surface area contributed by atoms with Crippen molar-refractivity contribution in [2.24, 2.45) is 17.3 Å². The van der Waals surface area contributed by atoms with E-state index in [-0.39, 0.29) is 5.41 Å². The molecule has 0 radical (unpaired) electrons. The number of hydrogen-bond donors (Lipinski definition) is 1. The number of halogens is 2. The van der Waals surface area contributed by atoms with Crippen molar-refractivity contribution in [1.82, 2.24) is 5.32 Å². The average molecular weight is 283 g/mol. The van der Waals surface area contributed by atoms with Gasteiger partial charge in [-0.25, -0.2) is 8.78 Å². The third-order valence-corrected chi connectivity index (χ3v) is 4.10. The minimum absolute atomic E-state index is 0.0937. The summed E-state index contributed by atoms with van der Waals surface area (Å²) in [5.74, 6) is -0.505. The first kappa shape index (κ1) is 17.1. The summed E-state index contributed by atoms with van der Waals surface area (Å²) in [6.45, 7) is 12.5. The van der Waals surface area contributed by atoms with Crippen LogP contribution in [0.25, 0.3) is 0 Å². The van der Waals surface area contributed by atoms with Gasteiger partial charge in [0.2, 0.25) is 0 Å². The van der Waals surface area contributed by atoms with Crippen LogP contribution in [0.15, 0.2) is 18.2 Å². The Kier molecular flexibility index (Phi) is 6.12. The molecule has 0 bridgehead atoms. The van der Waals surface area contributed by atoms with E-state index in [1.54, 1.807) is 12.1 Å². The summed E-state index contributed by atoms with van der Waals surface area (Å²) in [6.07, 6.45) is 0.541. The molecule has 1 aromatic rings. The van der Waals surface area contributed by atoms with Gasteiger partial charge in [-0.15, -0.1) is 0 Å². The summed E-state index contributed by atoms with van der Waals surface area (Å²) in [5, 5.41) is 3.44. The smallest absolute Gasteiger partial charge is 0.162 e. The minimum atomic E-state index is -0.760. The largest absolute Gasteiger partial charge is 0.316 e. The van der Waals surface area contributed by atoms with Crippen LogP contribution in [-0.2, 0) is 6.42 Å². The molecule has 0 fully saturated rings. The Balaban J connectivity index is 2.83. The second-order valence-electron chi connectivity index (χ2n) is 6.72. The van der Waals surface area contributed by atoms with Gasteiger partial charge in [0.15, 0.2) is 11.6 Å². The van der Waals surface area contributed by atoms with E-state index in [0.29, 0.717) is 23.8 Å². The van der Waals surface area contributed by atoms with Crippen LogP contribution in [0, 0.1) is 28.9 Å². The van der Waals surface area contributed by atoms with Gasteiger partial charge in [-0.3, -0.25) is 0 Å². The molecule has 20 heavy (non-hydrogen) atoms. The third kappa shape index (κ3) is 4.55. The molecule has 0 aliphatic rings.